The summed E-state index contributed by atoms with van der Waals surface area (Å²) < 4.78 is 12.1. The zero-order valence-corrected chi connectivity index (χ0v) is 15.8. The Morgan fingerprint density at radius 1 is 1.28 bits per heavy atom. The molecule has 2 N–H and O–H groups in total. The number of methoxy groups -OCH3 is 1. The van der Waals surface area contributed by atoms with Gasteiger partial charge in [-0.15, -0.1) is 0 Å². The molecular formula is C19H19BrNO4+. The second-order valence-electron chi connectivity index (χ2n) is 6.15. The molecule has 0 bridgehead atoms. The number of carbonyl (C=O) groups excluding carboxylic acids is 1. The highest BCUT2D eigenvalue weighted by atomic mass is 79.9. The summed E-state index contributed by atoms with van der Waals surface area (Å²) in [5.41, 5.74) is 1.83. The summed E-state index contributed by atoms with van der Waals surface area (Å²) in [6, 6.07) is 8.67. The van der Waals surface area contributed by atoms with Crippen LogP contribution in [0, 0.1) is 0 Å². The first kappa shape index (κ1) is 17.5. The summed E-state index contributed by atoms with van der Waals surface area (Å²) in [4.78, 5) is 13.8. The number of nitrogens with one attached hydrogen (secondary N) is 1. The van der Waals surface area contributed by atoms with Crippen molar-refractivity contribution in [3.8, 4) is 17.2 Å². The molecule has 0 saturated heterocycles. The molecule has 0 amide bonds. The fourth-order valence-corrected chi connectivity index (χ4v) is 3.16. The zero-order chi connectivity index (χ0) is 18.1. The highest BCUT2D eigenvalue weighted by molar-refractivity contribution is 9.10. The van der Waals surface area contributed by atoms with Gasteiger partial charge in [0.2, 0.25) is 5.78 Å². The van der Waals surface area contributed by atoms with Gasteiger partial charge in [0.05, 0.1) is 32.3 Å². The van der Waals surface area contributed by atoms with E-state index < -0.39 is 0 Å². The van der Waals surface area contributed by atoms with Gasteiger partial charge in [-0.3, -0.25) is 4.79 Å². The molecule has 2 aromatic rings. The fraction of sp³-hybridized carbons (Fsp3) is 0.211. The molecule has 1 aliphatic heterocycles. The van der Waals surface area contributed by atoms with E-state index >= 15 is 0 Å². The summed E-state index contributed by atoms with van der Waals surface area (Å²) >= 11 is 3.42. The van der Waals surface area contributed by atoms with Crippen LogP contribution in [0.4, 0.5) is 0 Å². The van der Waals surface area contributed by atoms with Gasteiger partial charge in [0.25, 0.3) is 0 Å². The number of carbonyl (C=O) groups is 1. The number of aromatic hydroxyl groups is 1. The minimum absolute atomic E-state index is 0.133. The van der Waals surface area contributed by atoms with E-state index in [1.165, 1.54) is 0 Å². The lowest BCUT2D eigenvalue weighted by Gasteiger charge is -2.12. The Kier molecular flexibility index (Phi) is 4.83. The lowest BCUT2D eigenvalue weighted by atomic mass is 10.0. The maximum Gasteiger partial charge on any atom is 0.231 e. The molecule has 5 nitrogen and oxygen atoms in total. The van der Waals surface area contributed by atoms with Crippen molar-refractivity contribution >= 4 is 27.8 Å². The standard InChI is InChI=1S/C19H18BrNO4/c1-21(2)10-14-15(22)6-5-13-18(23)17(25-19(13)14)9-11-8-12(20)4-7-16(11)24-3/h4-9,22H,10H2,1-3H3/p+1/b17-9-. The molecule has 0 aromatic heterocycles. The van der Waals surface area contributed by atoms with E-state index in [-0.39, 0.29) is 17.3 Å². The normalized spacial score (nSPS) is 14.8. The molecular weight excluding hydrogens is 386 g/mol. The lowest BCUT2D eigenvalue weighted by Crippen LogP contribution is -3.04. The highest BCUT2D eigenvalue weighted by Crippen LogP contribution is 2.39. The van der Waals surface area contributed by atoms with Crippen LogP contribution in [-0.2, 0) is 6.54 Å². The third-order valence-corrected chi connectivity index (χ3v) is 4.42. The highest BCUT2D eigenvalue weighted by Gasteiger charge is 2.32. The largest absolute Gasteiger partial charge is 0.507 e. The average molecular weight is 405 g/mol. The molecule has 0 aliphatic carbocycles. The number of benzene rings is 2. The van der Waals surface area contributed by atoms with Crippen LogP contribution < -0.4 is 14.4 Å². The number of halogens is 1. The number of hydrogen-bond acceptors (Lipinski definition) is 4. The molecule has 0 unspecified atom stereocenters. The first-order valence-corrected chi connectivity index (χ1v) is 8.61. The van der Waals surface area contributed by atoms with Crippen LogP contribution in [0.5, 0.6) is 17.2 Å². The Bertz CT molecular complexity index is 874. The first-order valence-electron chi connectivity index (χ1n) is 7.82. The van der Waals surface area contributed by atoms with E-state index in [0.717, 1.165) is 14.9 Å². The maximum absolute atomic E-state index is 12.7. The number of phenolic OH excluding ortho intramolecular Hbond substituents is 1. The Morgan fingerprint density at radius 2 is 2.04 bits per heavy atom. The Morgan fingerprint density at radius 3 is 2.72 bits per heavy atom. The minimum atomic E-state index is -0.202. The molecule has 0 fully saturated rings. The molecule has 6 heteroatoms. The summed E-state index contributed by atoms with van der Waals surface area (Å²) in [5, 5.41) is 10.2. The van der Waals surface area contributed by atoms with E-state index in [1.807, 2.05) is 32.3 Å². The molecule has 3 rings (SSSR count). The second kappa shape index (κ2) is 6.90. The van der Waals surface area contributed by atoms with Gasteiger partial charge in [-0.2, -0.15) is 0 Å². The van der Waals surface area contributed by atoms with Crippen LogP contribution in [0.15, 0.2) is 40.6 Å². The molecule has 0 spiro atoms. The van der Waals surface area contributed by atoms with Gasteiger partial charge in [0.1, 0.15) is 18.0 Å². The van der Waals surface area contributed by atoms with E-state index in [2.05, 4.69) is 15.9 Å². The van der Waals surface area contributed by atoms with Crippen molar-refractivity contribution in [3.05, 3.63) is 57.3 Å². The third-order valence-electron chi connectivity index (χ3n) is 3.92. The average Bonchev–Trinajstić information content (AvgIpc) is 2.87. The van der Waals surface area contributed by atoms with Crippen LogP contribution in [0.3, 0.4) is 0 Å². The van der Waals surface area contributed by atoms with Crippen molar-refractivity contribution < 1.29 is 24.3 Å². The van der Waals surface area contributed by atoms with Crippen molar-refractivity contribution in [2.24, 2.45) is 0 Å². The van der Waals surface area contributed by atoms with Gasteiger partial charge >= 0.3 is 0 Å². The summed E-state index contributed by atoms with van der Waals surface area (Å²) in [6.45, 7) is 0.551. The van der Waals surface area contributed by atoms with Gasteiger partial charge in [-0.05, 0) is 36.4 Å². The summed E-state index contributed by atoms with van der Waals surface area (Å²) in [6.07, 6.45) is 1.66. The zero-order valence-electron chi connectivity index (χ0n) is 14.2. The lowest BCUT2D eigenvalue weighted by molar-refractivity contribution is -0.872. The number of ketones is 1. The van der Waals surface area contributed by atoms with Gasteiger partial charge in [-0.25, -0.2) is 0 Å². The minimum Gasteiger partial charge on any atom is -0.507 e. The Balaban J connectivity index is 2.05. The Hall–Kier alpha value is -2.31. The number of quaternary nitrogens is 1. The van der Waals surface area contributed by atoms with Crippen LogP contribution in [0.1, 0.15) is 21.5 Å². The van der Waals surface area contributed by atoms with Crippen LogP contribution in [-0.4, -0.2) is 32.1 Å². The van der Waals surface area contributed by atoms with Gasteiger partial charge in [-0.1, -0.05) is 15.9 Å². The van der Waals surface area contributed by atoms with Crippen molar-refractivity contribution in [1.82, 2.24) is 0 Å². The predicted molar refractivity (Wildman–Crippen MR) is 98.3 cm³/mol. The van der Waals surface area contributed by atoms with Gasteiger partial charge in [0.15, 0.2) is 11.5 Å². The smallest absolute Gasteiger partial charge is 0.231 e. The summed E-state index contributed by atoms with van der Waals surface area (Å²) in [5.74, 6) is 1.23. The number of rotatable bonds is 4. The monoisotopic (exact) mass is 404 g/mol. The molecule has 0 saturated carbocycles. The quantitative estimate of drug-likeness (QED) is 0.768. The van der Waals surface area contributed by atoms with Crippen molar-refractivity contribution in [3.63, 3.8) is 0 Å². The predicted octanol–water partition coefficient (Wildman–Crippen LogP) is 2.42. The number of Topliss-reactive ketones (excluding diaryl/α,β-unsaturated/α-hetero) is 1. The van der Waals surface area contributed by atoms with Crippen molar-refractivity contribution in [1.29, 1.82) is 0 Å². The van der Waals surface area contributed by atoms with Crippen LogP contribution in [0.25, 0.3) is 6.08 Å². The number of phenols is 1. The van der Waals surface area contributed by atoms with Crippen LogP contribution in [0.2, 0.25) is 0 Å². The van der Waals surface area contributed by atoms with Crippen molar-refractivity contribution in [2.45, 2.75) is 6.54 Å². The molecule has 25 heavy (non-hydrogen) atoms. The second-order valence-corrected chi connectivity index (χ2v) is 7.07. The number of hydrogen-bond donors (Lipinski definition) is 2. The SMILES string of the molecule is COc1ccc(Br)cc1/C=C1\Oc2c(ccc(O)c2C[NH+](C)C)C1=O. The topological polar surface area (TPSA) is 60.2 Å². The van der Waals surface area contributed by atoms with E-state index in [4.69, 9.17) is 9.47 Å². The first-order chi connectivity index (χ1) is 11.9. The van der Waals surface area contributed by atoms with E-state index in [0.29, 0.717) is 29.2 Å². The molecule has 0 atom stereocenters. The van der Waals surface area contributed by atoms with Gasteiger partial charge in [0, 0.05) is 10.0 Å². The van der Waals surface area contributed by atoms with E-state index in [1.54, 1.807) is 25.3 Å². The number of fused-ring (bicyclic) bond motifs is 1. The maximum atomic E-state index is 12.7. The third kappa shape index (κ3) is 3.41. The number of ether oxygens (including phenoxy) is 2. The molecule has 0 radical (unpaired) electrons. The van der Waals surface area contributed by atoms with Crippen molar-refractivity contribution in [2.75, 3.05) is 21.2 Å². The molecule has 1 aliphatic rings. The Labute approximate surface area is 154 Å². The fourth-order valence-electron chi connectivity index (χ4n) is 2.78. The molecule has 2 aromatic carbocycles. The molecule has 1 heterocycles. The molecule has 130 valence electrons. The summed E-state index contributed by atoms with van der Waals surface area (Å²) in [7, 11) is 5.52. The van der Waals surface area contributed by atoms with E-state index in [9.17, 15) is 9.90 Å². The van der Waals surface area contributed by atoms with Crippen LogP contribution >= 0.6 is 15.9 Å². The number of allylic oxidation sites excluding steroid dienone is 1. The van der Waals surface area contributed by atoms with Gasteiger partial charge < -0.3 is 19.5 Å².